The van der Waals surface area contributed by atoms with Gasteiger partial charge in [-0.25, -0.2) is 15.0 Å². The summed E-state index contributed by atoms with van der Waals surface area (Å²) in [6.07, 6.45) is 4.57. The average molecular weight is 618 g/mol. The van der Waals surface area contributed by atoms with Crippen molar-refractivity contribution in [2.24, 2.45) is 0 Å². The second kappa shape index (κ2) is 13.7. The average Bonchev–Trinajstić information content (AvgIpc) is 3.45. The zero-order chi connectivity index (χ0) is 31.2. The van der Waals surface area contributed by atoms with Gasteiger partial charge in [0.05, 0.1) is 34.3 Å². The first-order chi connectivity index (χ1) is 22.0. The topological polar surface area (TPSA) is 108 Å². The van der Waals surface area contributed by atoms with Crippen LogP contribution in [0.1, 0.15) is 15.9 Å². The molecule has 6 rings (SSSR count). The van der Waals surface area contributed by atoms with Crippen LogP contribution in [0, 0.1) is 0 Å². The number of nitrogens with zero attached hydrogens (tertiary/aromatic N) is 5. The maximum Gasteiger partial charge on any atom is 0.257 e. The summed E-state index contributed by atoms with van der Waals surface area (Å²) >= 11 is 6.25. The molecule has 0 unspecified atom stereocenters. The van der Waals surface area contributed by atoms with E-state index in [1.807, 2.05) is 78.3 Å². The number of likely N-dealkylation sites (N-methyl/N-ethyl adjacent to an activating group) is 1. The van der Waals surface area contributed by atoms with Crippen molar-refractivity contribution in [2.45, 2.75) is 6.42 Å². The molecule has 0 aliphatic rings. The predicted molar refractivity (Wildman–Crippen MR) is 179 cm³/mol. The number of hydrogen-bond donors (Lipinski definition) is 3. The largest absolute Gasteiger partial charge is 0.395 e. The molecule has 3 heterocycles. The van der Waals surface area contributed by atoms with Gasteiger partial charge in [-0.3, -0.25) is 9.20 Å². The number of rotatable bonds is 11. The van der Waals surface area contributed by atoms with Gasteiger partial charge in [-0.1, -0.05) is 54.1 Å². The van der Waals surface area contributed by atoms with Crippen LogP contribution in [0.3, 0.4) is 0 Å². The Balaban J connectivity index is 1.27. The molecule has 0 saturated carbocycles. The fourth-order valence-electron chi connectivity index (χ4n) is 5.07. The molecule has 0 spiro atoms. The van der Waals surface area contributed by atoms with Crippen LogP contribution in [0.15, 0.2) is 109 Å². The Hall–Kier alpha value is -5.09. The molecular weight excluding hydrogens is 586 g/mol. The summed E-state index contributed by atoms with van der Waals surface area (Å²) in [5.74, 6) is 0.169. The summed E-state index contributed by atoms with van der Waals surface area (Å²) in [6.45, 7) is 1.69. The molecule has 10 heteroatoms. The smallest absolute Gasteiger partial charge is 0.257 e. The fraction of sp³-hybridized carbons (Fsp3) is 0.143. The Morgan fingerprint density at radius 3 is 2.56 bits per heavy atom. The van der Waals surface area contributed by atoms with Crippen molar-refractivity contribution in [1.82, 2.24) is 24.3 Å². The lowest BCUT2D eigenvalue weighted by Gasteiger charge is -2.15. The molecule has 45 heavy (non-hydrogen) atoms. The molecule has 9 nitrogen and oxygen atoms in total. The van der Waals surface area contributed by atoms with Gasteiger partial charge >= 0.3 is 0 Å². The molecule has 3 aromatic heterocycles. The number of carbonyl (C=O) groups is 1. The van der Waals surface area contributed by atoms with Crippen LogP contribution < -0.4 is 10.6 Å². The minimum atomic E-state index is -0.290. The summed E-state index contributed by atoms with van der Waals surface area (Å²) in [6, 6.07) is 30.4. The minimum Gasteiger partial charge on any atom is -0.395 e. The van der Waals surface area contributed by atoms with E-state index in [0.29, 0.717) is 34.5 Å². The number of anilines is 3. The molecule has 0 bridgehead atoms. The second-order valence-corrected chi connectivity index (χ2v) is 11.0. The Labute approximate surface area is 266 Å². The van der Waals surface area contributed by atoms with Gasteiger partial charge < -0.3 is 20.6 Å². The molecule has 0 aliphatic heterocycles. The van der Waals surface area contributed by atoms with Gasteiger partial charge in [0, 0.05) is 42.4 Å². The van der Waals surface area contributed by atoms with Gasteiger partial charge in [0.25, 0.3) is 5.91 Å². The Morgan fingerprint density at radius 1 is 0.911 bits per heavy atom. The number of fused-ring (bicyclic) bond motifs is 1. The maximum atomic E-state index is 13.0. The molecule has 3 N–H and O–H groups in total. The molecular formula is C35H32ClN7O2. The number of nitrogens with one attached hydrogen (secondary N) is 2. The molecule has 0 aliphatic carbocycles. The van der Waals surface area contributed by atoms with Gasteiger partial charge in [0.2, 0.25) is 5.95 Å². The summed E-state index contributed by atoms with van der Waals surface area (Å²) in [7, 11) is 2.00. The van der Waals surface area contributed by atoms with Crippen molar-refractivity contribution in [2.75, 3.05) is 37.4 Å². The van der Waals surface area contributed by atoms with Crippen LogP contribution in [0.4, 0.5) is 17.3 Å². The van der Waals surface area contributed by atoms with Crippen molar-refractivity contribution in [1.29, 1.82) is 0 Å². The van der Waals surface area contributed by atoms with E-state index in [4.69, 9.17) is 26.7 Å². The SMILES string of the molecule is CN(CCO)CCc1ccc(Nc2nccc(-c3c(-c4cccc(NC(=O)c5ccccc5Cl)c4)nc4ccccn34)n2)cc1. The number of pyridine rings is 1. The zero-order valence-corrected chi connectivity index (χ0v) is 25.4. The van der Waals surface area contributed by atoms with Gasteiger partial charge in [0.15, 0.2) is 0 Å². The van der Waals surface area contributed by atoms with E-state index >= 15 is 0 Å². The number of carbonyl (C=O) groups excluding carboxylic acids is 1. The van der Waals surface area contributed by atoms with E-state index in [2.05, 4.69) is 32.7 Å². The van der Waals surface area contributed by atoms with Crippen LogP contribution >= 0.6 is 11.6 Å². The molecule has 6 aromatic rings. The lowest BCUT2D eigenvalue weighted by molar-refractivity contribution is 0.102. The highest BCUT2D eigenvalue weighted by Crippen LogP contribution is 2.33. The summed E-state index contributed by atoms with van der Waals surface area (Å²) < 4.78 is 2.00. The number of hydrogen-bond acceptors (Lipinski definition) is 7. The number of halogens is 1. The molecule has 0 saturated heterocycles. The Morgan fingerprint density at radius 2 is 1.73 bits per heavy atom. The normalized spacial score (nSPS) is 11.2. The van der Waals surface area contributed by atoms with E-state index in [1.165, 1.54) is 5.56 Å². The minimum absolute atomic E-state index is 0.157. The van der Waals surface area contributed by atoms with E-state index in [9.17, 15) is 4.79 Å². The van der Waals surface area contributed by atoms with E-state index < -0.39 is 0 Å². The molecule has 0 fully saturated rings. The molecule has 3 aromatic carbocycles. The van der Waals surface area contributed by atoms with Crippen molar-refractivity contribution < 1.29 is 9.90 Å². The first-order valence-electron chi connectivity index (χ1n) is 14.6. The summed E-state index contributed by atoms with van der Waals surface area (Å²) in [5, 5.41) is 15.8. The van der Waals surface area contributed by atoms with Gasteiger partial charge in [-0.05, 0) is 73.6 Å². The highest BCUT2D eigenvalue weighted by Gasteiger charge is 2.19. The van der Waals surface area contributed by atoms with Crippen LogP contribution in [0.25, 0.3) is 28.3 Å². The highest BCUT2D eigenvalue weighted by molar-refractivity contribution is 6.34. The third-order valence-corrected chi connectivity index (χ3v) is 7.74. The number of aliphatic hydroxyl groups excluding tert-OH is 1. The summed E-state index contributed by atoms with van der Waals surface area (Å²) in [4.78, 5) is 29.3. The lowest BCUT2D eigenvalue weighted by Crippen LogP contribution is -2.24. The highest BCUT2D eigenvalue weighted by atomic mass is 35.5. The van der Waals surface area contributed by atoms with E-state index in [0.717, 1.165) is 41.3 Å². The Kier molecular flexibility index (Phi) is 9.11. The van der Waals surface area contributed by atoms with Crippen molar-refractivity contribution in [3.63, 3.8) is 0 Å². The number of benzene rings is 3. The molecule has 1 amide bonds. The van der Waals surface area contributed by atoms with Crippen LogP contribution in [0.2, 0.25) is 5.02 Å². The molecule has 0 radical (unpaired) electrons. The van der Waals surface area contributed by atoms with Gasteiger partial charge in [0.1, 0.15) is 5.65 Å². The van der Waals surface area contributed by atoms with E-state index in [-0.39, 0.29) is 12.5 Å². The van der Waals surface area contributed by atoms with Crippen LogP contribution in [0.5, 0.6) is 0 Å². The molecule has 0 atom stereocenters. The standard InChI is InChI=1S/C35H32ClN7O2/c1-42(21-22-44)20-17-24-12-14-26(15-13-24)39-35-37-18-16-30(40-35)33-32(41-31-11-4-5-19-43(31)33)25-7-6-8-27(23-25)38-34(45)28-9-2-3-10-29(28)36/h2-16,18-19,23,44H,17,20-22H2,1H3,(H,38,45)(H,37,39,40). The first kappa shape index (κ1) is 30.0. The van der Waals surface area contributed by atoms with Crippen LogP contribution in [-0.2, 0) is 6.42 Å². The van der Waals surface area contributed by atoms with E-state index in [1.54, 1.807) is 30.5 Å². The third-order valence-electron chi connectivity index (χ3n) is 7.41. The van der Waals surface area contributed by atoms with Crippen LogP contribution in [-0.4, -0.2) is 62.0 Å². The lowest BCUT2D eigenvalue weighted by atomic mass is 10.1. The van der Waals surface area contributed by atoms with Gasteiger partial charge in [-0.15, -0.1) is 0 Å². The van der Waals surface area contributed by atoms with Crippen molar-refractivity contribution >= 4 is 40.5 Å². The van der Waals surface area contributed by atoms with Gasteiger partial charge in [-0.2, -0.15) is 0 Å². The van der Waals surface area contributed by atoms with Crippen molar-refractivity contribution in [3.8, 4) is 22.6 Å². The van der Waals surface area contributed by atoms with Crippen molar-refractivity contribution in [3.05, 3.63) is 126 Å². The monoisotopic (exact) mass is 617 g/mol. The molecule has 226 valence electrons. The summed E-state index contributed by atoms with van der Waals surface area (Å²) in [5.41, 5.74) is 6.90. The first-order valence-corrected chi connectivity index (χ1v) is 15.0. The number of aliphatic hydroxyl groups is 1. The third kappa shape index (κ3) is 7.02. The second-order valence-electron chi connectivity index (χ2n) is 10.6. The predicted octanol–water partition coefficient (Wildman–Crippen LogP) is 6.57. The maximum absolute atomic E-state index is 13.0. The zero-order valence-electron chi connectivity index (χ0n) is 24.7. The number of imidazole rings is 1. The number of amides is 1. The number of aromatic nitrogens is 4. The quantitative estimate of drug-likeness (QED) is 0.151. The fourth-order valence-corrected chi connectivity index (χ4v) is 5.29. The Bertz CT molecular complexity index is 1940.